The van der Waals surface area contributed by atoms with E-state index in [1.807, 2.05) is 20.8 Å². The first-order valence-electron chi connectivity index (χ1n) is 12.9. The van der Waals surface area contributed by atoms with E-state index in [-0.39, 0.29) is 47.1 Å². The number of esters is 2. The average Bonchev–Trinajstić information content (AvgIpc) is 2.87. The topological polar surface area (TPSA) is 91.3 Å². The van der Waals surface area contributed by atoms with Crippen LogP contribution in [0.25, 0.3) is 0 Å². The van der Waals surface area contributed by atoms with E-state index in [9.17, 15) is 14.7 Å². The lowest BCUT2D eigenvalue weighted by atomic mass is 9.76. The van der Waals surface area contributed by atoms with Gasteiger partial charge in [-0.2, -0.15) is 0 Å². The lowest BCUT2D eigenvalue weighted by Gasteiger charge is -2.32. The van der Waals surface area contributed by atoms with E-state index in [2.05, 4.69) is 15.9 Å². The highest BCUT2D eigenvalue weighted by molar-refractivity contribution is 9.10. The number of aliphatic hydroxyl groups is 1. The van der Waals surface area contributed by atoms with Crippen molar-refractivity contribution in [2.24, 2.45) is 11.3 Å². The Labute approximate surface area is 236 Å². The van der Waals surface area contributed by atoms with Crippen LogP contribution >= 0.6 is 27.5 Å². The van der Waals surface area contributed by atoms with Gasteiger partial charge < -0.3 is 24.1 Å². The van der Waals surface area contributed by atoms with E-state index < -0.39 is 17.5 Å². The van der Waals surface area contributed by atoms with Crippen LogP contribution in [0.1, 0.15) is 92.4 Å². The summed E-state index contributed by atoms with van der Waals surface area (Å²) in [5, 5.41) is 11.2. The fourth-order valence-electron chi connectivity index (χ4n) is 5.14. The minimum absolute atomic E-state index is 0.0443. The highest BCUT2D eigenvalue weighted by Gasteiger charge is 2.39. The van der Waals surface area contributed by atoms with Gasteiger partial charge in [0.15, 0.2) is 11.5 Å². The van der Waals surface area contributed by atoms with Gasteiger partial charge in [-0.05, 0) is 72.7 Å². The van der Waals surface area contributed by atoms with Crippen LogP contribution in [-0.2, 0) is 16.1 Å². The van der Waals surface area contributed by atoms with Gasteiger partial charge in [0.2, 0.25) is 0 Å². The number of aliphatic hydroxyl groups excluding tert-OH is 1. The van der Waals surface area contributed by atoms with Crippen molar-refractivity contribution in [2.45, 2.75) is 78.9 Å². The van der Waals surface area contributed by atoms with Crippen LogP contribution in [0.15, 0.2) is 16.6 Å². The monoisotopic (exact) mass is 608 g/mol. The summed E-state index contributed by atoms with van der Waals surface area (Å²) < 4.78 is 24.1. The van der Waals surface area contributed by atoms with Crippen molar-refractivity contribution in [2.75, 3.05) is 7.11 Å². The molecule has 0 aromatic heterocycles. The zero-order chi connectivity index (χ0) is 27.8. The van der Waals surface area contributed by atoms with E-state index in [1.54, 1.807) is 19.1 Å². The summed E-state index contributed by atoms with van der Waals surface area (Å²) >= 11 is 10.2. The molecule has 0 saturated heterocycles. The second-order valence-corrected chi connectivity index (χ2v) is 12.0. The fraction of sp³-hybridized carbons (Fsp3) is 0.517. The Morgan fingerprint density at radius 1 is 1.21 bits per heavy atom. The number of benzene rings is 2. The number of halogens is 2. The SMILES string of the molecule is COc1c([C@@H](O)CC(C)C)ccc2c1C(=O)OCc1c(Cl)c(C)c(Br)c(OC(=O)C3(C)CCCCC3)c1O2. The number of fused-ring (bicyclic) bond motifs is 2. The van der Waals surface area contributed by atoms with E-state index in [0.29, 0.717) is 32.6 Å². The number of cyclic esters (lactones) is 1. The maximum absolute atomic E-state index is 13.4. The third kappa shape index (κ3) is 5.40. The second kappa shape index (κ2) is 11.4. The molecule has 0 unspecified atom stereocenters. The van der Waals surface area contributed by atoms with Crippen LogP contribution in [-0.4, -0.2) is 24.2 Å². The number of hydrogen-bond donors (Lipinski definition) is 1. The van der Waals surface area contributed by atoms with E-state index in [0.717, 1.165) is 32.1 Å². The molecule has 7 nitrogen and oxygen atoms in total. The standard InChI is InChI=1S/C29H34BrClO7/c1-15(2)13-19(32)17-9-10-20-21(24(17)35-5)27(33)36-14-18-23(31)16(3)22(30)26(25(18)37-20)38-28(34)29(4)11-7-6-8-12-29/h9-10,15,19,32H,6-8,11-14H2,1-5H3/t19-/m0/s1. The Morgan fingerprint density at radius 2 is 1.89 bits per heavy atom. The third-order valence-electron chi connectivity index (χ3n) is 7.42. The smallest absolute Gasteiger partial charge is 0.346 e. The molecule has 1 saturated carbocycles. The molecule has 1 atom stereocenters. The van der Waals surface area contributed by atoms with Crippen molar-refractivity contribution in [1.82, 2.24) is 0 Å². The van der Waals surface area contributed by atoms with E-state index in [4.69, 9.17) is 30.5 Å². The molecule has 1 aliphatic carbocycles. The summed E-state index contributed by atoms with van der Waals surface area (Å²) in [6, 6.07) is 3.25. The van der Waals surface area contributed by atoms with E-state index >= 15 is 0 Å². The van der Waals surface area contributed by atoms with Crippen LogP contribution in [0.3, 0.4) is 0 Å². The Kier molecular flexibility index (Phi) is 8.65. The first-order valence-corrected chi connectivity index (χ1v) is 14.1. The molecule has 1 N–H and O–H groups in total. The average molecular weight is 610 g/mol. The predicted molar refractivity (Wildman–Crippen MR) is 147 cm³/mol. The van der Waals surface area contributed by atoms with Gasteiger partial charge in [0, 0.05) is 5.56 Å². The molecule has 0 radical (unpaired) electrons. The Bertz CT molecular complexity index is 1250. The van der Waals surface area contributed by atoms with Crippen LogP contribution in [0.4, 0.5) is 0 Å². The molecule has 2 aromatic carbocycles. The maximum Gasteiger partial charge on any atom is 0.346 e. The zero-order valence-electron chi connectivity index (χ0n) is 22.4. The summed E-state index contributed by atoms with van der Waals surface area (Å²) in [5.74, 6) is -0.105. The predicted octanol–water partition coefficient (Wildman–Crippen LogP) is 7.84. The molecule has 206 valence electrons. The molecule has 2 aromatic rings. The van der Waals surface area contributed by atoms with Gasteiger partial charge >= 0.3 is 11.9 Å². The minimum atomic E-state index is -0.847. The van der Waals surface area contributed by atoms with Gasteiger partial charge in [-0.1, -0.05) is 44.7 Å². The Balaban J connectivity index is 1.84. The van der Waals surface area contributed by atoms with Crippen molar-refractivity contribution in [3.8, 4) is 23.0 Å². The molecular formula is C29H34BrClO7. The van der Waals surface area contributed by atoms with Crippen molar-refractivity contribution < 1.29 is 33.6 Å². The summed E-state index contributed by atoms with van der Waals surface area (Å²) in [7, 11) is 1.43. The van der Waals surface area contributed by atoms with Crippen LogP contribution in [0.2, 0.25) is 5.02 Å². The van der Waals surface area contributed by atoms with Gasteiger partial charge in [-0.25, -0.2) is 4.79 Å². The Morgan fingerprint density at radius 3 is 2.53 bits per heavy atom. The molecule has 1 heterocycles. The third-order valence-corrected chi connectivity index (χ3v) is 8.89. The van der Waals surface area contributed by atoms with Gasteiger partial charge in [0.25, 0.3) is 0 Å². The van der Waals surface area contributed by atoms with Gasteiger partial charge in [-0.15, -0.1) is 0 Å². The number of ether oxygens (including phenoxy) is 4. The number of hydrogen-bond acceptors (Lipinski definition) is 7. The summed E-state index contributed by atoms with van der Waals surface area (Å²) in [4.78, 5) is 26.6. The molecule has 2 aliphatic rings. The molecule has 0 amide bonds. The molecule has 1 aliphatic heterocycles. The zero-order valence-corrected chi connectivity index (χ0v) is 24.8. The largest absolute Gasteiger partial charge is 0.495 e. The molecular weight excluding hydrogens is 576 g/mol. The van der Waals surface area contributed by atoms with Crippen molar-refractivity contribution >= 4 is 39.5 Å². The number of methoxy groups -OCH3 is 1. The highest BCUT2D eigenvalue weighted by Crippen LogP contribution is 2.51. The summed E-state index contributed by atoms with van der Waals surface area (Å²) in [6.07, 6.45) is 4.16. The van der Waals surface area contributed by atoms with Crippen molar-refractivity contribution in [3.63, 3.8) is 0 Å². The normalized spacial score (nSPS) is 17.3. The molecule has 38 heavy (non-hydrogen) atoms. The fourth-order valence-corrected chi connectivity index (χ4v) is 5.95. The molecule has 0 spiro atoms. The lowest BCUT2D eigenvalue weighted by molar-refractivity contribution is -0.146. The van der Waals surface area contributed by atoms with Crippen LogP contribution in [0.5, 0.6) is 23.0 Å². The van der Waals surface area contributed by atoms with Gasteiger partial charge in [0.1, 0.15) is 23.7 Å². The van der Waals surface area contributed by atoms with Gasteiger partial charge in [0.05, 0.1) is 33.7 Å². The Hall–Kier alpha value is -2.29. The second-order valence-electron chi connectivity index (χ2n) is 10.8. The van der Waals surface area contributed by atoms with E-state index in [1.165, 1.54) is 7.11 Å². The van der Waals surface area contributed by atoms with Crippen molar-refractivity contribution in [3.05, 3.63) is 43.9 Å². The molecule has 0 bridgehead atoms. The molecule has 1 fully saturated rings. The van der Waals surface area contributed by atoms with Crippen LogP contribution < -0.4 is 14.2 Å². The molecule has 9 heteroatoms. The van der Waals surface area contributed by atoms with Crippen LogP contribution in [0, 0.1) is 18.3 Å². The van der Waals surface area contributed by atoms with Gasteiger partial charge in [-0.3, -0.25) is 4.79 Å². The number of carbonyl (C=O) groups is 2. The lowest BCUT2D eigenvalue weighted by Crippen LogP contribution is -2.34. The molecule has 4 rings (SSSR count). The van der Waals surface area contributed by atoms with Crippen molar-refractivity contribution in [1.29, 1.82) is 0 Å². The maximum atomic E-state index is 13.4. The first kappa shape index (κ1) is 28.7. The summed E-state index contributed by atoms with van der Waals surface area (Å²) in [5.41, 5.74) is 0.927. The highest BCUT2D eigenvalue weighted by atomic mass is 79.9. The number of rotatable bonds is 6. The first-order chi connectivity index (χ1) is 18.0. The minimum Gasteiger partial charge on any atom is -0.495 e. The summed E-state index contributed by atoms with van der Waals surface area (Å²) in [6.45, 7) is 7.51. The quantitative estimate of drug-likeness (QED) is 0.264. The number of carbonyl (C=O) groups excluding carboxylic acids is 2.